The first-order chi connectivity index (χ1) is 6.81. The van der Waals surface area contributed by atoms with Crippen LogP contribution in [0.5, 0.6) is 5.75 Å². The van der Waals surface area contributed by atoms with Crippen molar-refractivity contribution in [2.45, 2.75) is 0 Å². The lowest BCUT2D eigenvalue weighted by atomic mass is 10.3. The summed E-state index contributed by atoms with van der Waals surface area (Å²) in [6, 6.07) is 1.76. The number of aromatic nitrogens is 3. The van der Waals surface area contributed by atoms with Gasteiger partial charge in [0.05, 0.1) is 17.8 Å². The number of nitrogens with zero attached hydrogens (tertiary/aromatic N) is 3. The maximum Gasteiger partial charge on any atom is 0.266 e. The minimum Gasteiger partial charge on any atom is -0.494 e. The third kappa shape index (κ3) is 1.60. The minimum absolute atomic E-state index is 0.383. The van der Waals surface area contributed by atoms with Gasteiger partial charge in [-0.2, -0.15) is 0 Å². The van der Waals surface area contributed by atoms with Gasteiger partial charge in [0, 0.05) is 0 Å². The van der Waals surface area contributed by atoms with Crippen LogP contribution in [0, 0.1) is 0 Å². The summed E-state index contributed by atoms with van der Waals surface area (Å²) < 4.78 is 10.8. The fourth-order valence-electron chi connectivity index (χ4n) is 0.970. The van der Waals surface area contributed by atoms with Crippen LogP contribution in [0.4, 0.5) is 0 Å². The highest BCUT2D eigenvalue weighted by atomic mass is 79.9. The fourth-order valence-corrected chi connectivity index (χ4v) is 1.45. The van der Waals surface area contributed by atoms with Gasteiger partial charge in [0.15, 0.2) is 5.75 Å². The van der Waals surface area contributed by atoms with Crippen LogP contribution < -0.4 is 4.74 Å². The number of rotatable bonds is 2. The molecule has 0 aliphatic heterocycles. The van der Waals surface area contributed by atoms with E-state index in [9.17, 15) is 0 Å². The smallest absolute Gasteiger partial charge is 0.266 e. The van der Waals surface area contributed by atoms with Crippen molar-refractivity contribution < 1.29 is 9.15 Å². The lowest BCUT2D eigenvalue weighted by molar-refractivity contribution is 0.410. The third-order valence-electron chi connectivity index (χ3n) is 1.62. The zero-order valence-corrected chi connectivity index (χ0v) is 8.85. The minimum atomic E-state index is 0.383. The SMILES string of the molecule is COc1cnc(-c2nnco2)cc1Br. The first kappa shape index (κ1) is 9.14. The van der Waals surface area contributed by atoms with Crippen molar-refractivity contribution in [3.05, 3.63) is 23.1 Å². The molecule has 2 aromatic rings. The Morgan fingerprint density at radius 1 is 1.50 bits per heavy atom. The molecule has 0 aliphatic rings. The fraction of sp³-hybridized carbons (Fsp3) is 0.125. The molecular formula is C8H6BrN3O2. The summed E-state index contributed by atoms with van der Waals surface area (Å²) in [5, 5.41) is 7.31. The Hall–Kier alpha value is -1.43. The van der Waals surface area contributed by atoms with E-state index in [1.807, 2.05) is 0 Å². The highest BCUT2D eigenvalue weighted by Gasteiger charge is 2.08. The Labute approximate surface area is 88.3 Å². The maximum atomic E-state index is 5.04. The van der Waals surface area contributed by atoms with Crippen LogP contribution >= 0.6 is 15.9 Å². The topological polar surface area (TPSA) is 61.0 Å². The van der Waals surface area contributed by atoms with Crippen molar-refractivity contribution in [2.75, 3.05) is 7.11 Å². The Kier molecular flexibility index (Phi) is 2.45. The number of methoxy groups -OCH3 is 1. The molecule has 0 atom stereocenters. The summed E-state index contributed by atoms with van der Waals surface area (Å²) in [4.78, 5) is 4.10. The summed E-state index contributed by atoms with van der Waals surface area (Å²) in [7, 11) is 1.58. The monoisotopic (exact) mass is 255 g/mol. The van der Waals surface area contributed by atoms with Gasteiger partial charge >= 0.3 is 0 Å². The second kappa shape index (κ2) is 3.75. The lowest BCUT2D eigenvalue weighted by Gasteiger charge is -2.02. The molecule has 2 heterocycles. The molecule has 0 aliphatic carbocycles. The van der Waals surface area contributed by atoms with Crippen LogP contribution in [0.2, 0.25) is 0 Å². The molecule has 72 valence electrons. The Balaban J connectivity index is 2.43. The predicted molar refractivity (Wildman–Crippen MR) is 51.8 cm³/mol. The molecule has 5 nitrogen and oxygen atoms in total. The molecule has 0 amide bonds. The third-order valence-corrected chi connectivity index (χ3v) is 2.24. The largest absolute Gasteiger partial charge is 0.494 e. The molecule has 0 saturated carbocycles. The summed E-state index contributed by atoms with van der Waals surface area (Å²) >= 11 is 3.34. The molecule has 6 heteroatoms. The van der Waals surface area contributed by atoms with E-state index in [1.165, 1.54) is 6.39 Å². The highest BCUT2D eigenvalue weighted by Crippen LogP contribution is 2.27. The second-order valence-electron chi connectivity index (χ2n) is 2.45. The number of hydrogen-bond acceptors (Lipinski definition) is 5. The zero-order chi connectivity index (χ0) is 9.97. The summed E-state index contributed by atoms with van der Waals surface area (Å²) in [6.07, 6.45) is 2.85. The van der Waals surface area contributed by atoms with Crippen molar-refractivity contribution in [2.24, 2.45) is 0 Å². The van der Waals surface area contributed by atoms with Gasteiger partial charge in [0.1, 0.15) is 5.69 Å². The molecule has 0 unspecified atom stereocenters. The summed E-state index contributed by atoms with van der Waals surface area (Å²) in [5.74, 6) is 1.04. The van der Waals surface area contributed by atoms with Crippen molar-refractivity contribution in [1.82, 2.24) is 15.2 Å². The average molecular weight is 256 g/mol. The van der Waals surface area contributed by atoms with Crippen molar-refractivity contribution in [3.63, 3.8) is 0 Å². The van der Waals surface area contributed by atoms with Gasteiger partial charge in [0.25, 0.3) is 5.89 Å². The first-order valence-corrected chi connectivity index (χ1v) is 4.56. The summed E-state index contributed by atoms with van der Waals surface area (Å²) in [6.45, 7) is 0. The van der Waals surface area contributed by atoms with Gasteiger partial charge in [-0.05, 0) is 22.0 Å². The van der Waals surface area contributed by atoms with E-state index in [2.05, 4.69) is 31.1 Å². The predicted octanol–water partition coefficient (Wildman–Crippen LogP) is 1.90. The number of pyridine rings is 1. The van der Waals surface area contributed by atoms with Crippen LogP contribution in [0.25, 0.3) is 11.6 Å². The van der Waals surface area contributed by atoms with Crippen molar-refractivity contribution in [3.8, 4) is 17.3 Å². The summed E-state index contributed by atoms with van der Waals surface area (Å²) in [5.41, 5.74) is 0.607. The molecule has 0 bridgehead atoms. The average Bonchev–Trinajstić information content (AvgIpc) is 2.70. The van der Waals surface area contributed by atoms with Gasteiger partial charge in [-0.25, -0.2) is 4.98 Å². The molecule has 0 fully saturated rings. The van der Waals surface area contributed by atoms with Gasteiger partial charge in [-0.3, -0.25) is 0 Å². The Morgan fingerprint density at radius 3 is 2.93 bits per heavy atom. The number of halogens is 1. The van der Waals surface area contributed by atoms with Crippen LogP contribution in [-0.2, 0) is 0 Å². The normalized spacial score (nSPS) is 10.1. The molecular weight excluding hydrogens is 250 g/mol. The van der Waals surface area contributed by atoms with Gasteiger partial charge in [-0.15, -0.1) is 10.2 Å². The van der Waals surface area contributed by atoms with E-state index in [4.69, 9.17) is 9.15 Å². The maximum absolute atomic E-state index is 5.04. The van der Waals surface area contributed by atoms with E-state index in [0.717, 1.165) is 4.47 Å². The molecule has 2 aromatic heterocycles. The van der Waals surface area contributed by atoms with E-state index in [-0.39, 0.29) is 0 Å². The molecule has 14 heavy (non-hydrogen) atoms. The number of ether oxygens (including phenoxy) is 1. The van der Waals surface area contributed by atoms with E-state index >= 15 is 0 Å². The van der Waals surface area contributed by atoms with Gasteiger partial charge in [-0.1, -0.05) is 0 Å². The molecule has 0 N–H and O–H groups in total. The quantitative estimate of drug-likeness (QED) is 0.821. The Bertz CT molecular complexity index is 430. The van der Waals surface area contributed by atoms with E-state index in [1.54, 1.807) is 19.4 Å². The second-order valence-corrected chi connectivity index (χ2v) is 3.30. The molecule has 0 saturated heterocycles. The van der Waals surface area contributed by atoms with Crippen LogP contribution in [-0.4, -0.2) is 22.3 Å². The van der Waals surface area contributed by atoms with Crippen molar-refractivity contribution in [1.29, 1.82) is 0 Å². The van der Waals surface area contributed by atoms with Gasteiger partial charge < -0.3 is 9.15 Å². The first-order valence-electron chi connectivity index (χ1n) is 3.77. The Morgan fingerprint density at radius 2 is 2.36 bits per heavy atom. The molecule has 0 radical (unpaired) electrons. The van der Waals surface area contributed by atoms with E-state index < -0.39 is 0 Å². The van der Waals surface area contributed by atoms with Crippen LogP contribution in [0.1, 0.15) is 0 Å². The molecule has 0 spiro atoms. The standard InChI is InChI=1S/C8H6BrN3O2/c1-13-7-3-10-6(2-5(7)9)8-12-11-4-14-8/h2-4H,1H3. The van der Waals surface area contributed by atoms with Crippen LogP contribution in [0.3, 0.4) is 0 Å². The van der Waals surface area contributed by atoms with Gasteiger partial charge in [0.2, 0.25) is 6.39 Å². The van der Waals surface area contributed by atoms with Crippen LogP contribution in [0.15, 0.2) is 27.5 Å². The van der Waals surface area contributed by atoms with E-state index in [0.29, 0.717) is 17.3 Å². The lowest BCUT2D eigenvalue weighted by Crippen LogP contribution is -1.89. The molecule has 0 aromatic carbocycles. The zero-order valence-electron chi connectivity index (χ0n) is 7.27. The molecule has 2 rings (SSSR count). The number of hydrogen-bond donors (Lipinski definition) is 0. The highest BCUT2D eigenvalue weighted by molar-refractivity contribution is 9.10. The van der Waals surface area contributed by atoms with Crippen molar-refractivity contribution >= 4 is 15.9 Å².